The van der Waals surface area contributed by atoms with Crippen LogP contribution in [0, 0.1) is 13.8 Å². The van der Waals surface area contributed by atoms with Gasteiger partial charge in [-0.05, 0) is 86.3 Å². The number of benzene rings is 2. The predicted octanol–water partition coefficient (Wildman–Crippen LogP) is 8.21. The topological polar surface area (TPSA) is 118 Å². The lowest BCUT2D eigenvalue weighted by atomic mass is 10.1. The third-order valence-corrected chi connectivity index (χ3v) is 7.88. The van der Waals surface area contributed by atoms with Crippen molar-refractivity contribution in [1.29, 1.82) is 0 Å². The fourth-order valence-electron chi connectivity index (χ4n) is 5.22. The van der Waals surface area contributed by atoms with E-state index in [1.54, 1.807) is 24.3 Å². The molecular formula is C36H33F6N5O4. The molecule has 15 heteroatoms. The third-order valence-electron chi connectivity index (χ3n) is 7.88. The van der Waals surface area contributed by atoms with E-state index in [1.165, 1.54) is 26.0 Å². The highest BCUT2D eigenvalue weighted by atomic mass is 19.4. The maximum atomic E-state index is 12.6. The van der Waals surface area contributed by atoms with Crippen molar-refractivity contribution in [2.75, 3.05) is 23.8 Å². The number of halogens is 6. The summed E-state index contributed by atoms with van der Waals surface area (Å²) in [6.07, 6.45) is -6.20. The minimum atomic E-state index is -4.47. The number of rotatable bonds is 8. The molecule has 3 aromatic heterocycles. The van der Waals surface area contributed by atoms with Crippen LogP contribution in [0.5, 0.6) is 11.5 Å². The highest BCUT2D eigenvalue weighted by molar-refractivity contribution is 5.94. The zero-order valence-corrected chi connectivity index (χ0v) is 27.5. The van der Waals surface area contributed by atoms with Crippen LogP contribution in [0.4, 0.5) is 37.7 Å². The molecule has 2 amide bonds. The van der Waals surface area contributed by atoms with Crippen molar-refractivity contribution >= 4 is 34.1 Å². The number of carbonyl (C=O) groups excluding carboxylic acids is 2. The van der Waals surface area contributed by atoms with Gasteiger partial charge in [0.15, 0.2) is 11.5 Å². The minimum Gasteiger partial charge on any atom is -0.486 e. The molecule has 0 fully saturated rings. The zero-order valence-electron chi connectivity index (χ0n) is 27.5. The molecule has 1 aliphatic rings. The van der Waals surface area contributed by atoms with Gasteiger partial charge in [-0.1, -0.05) is 12.1 Å². The average Bonchev–Trinajstić information content (AvgIpc) is 3.55. The van der Waals surface area contributed by atoms with Gasteiger partial charge in [-0.15, -0.1) is 0 Å². The number of aromatic amines is 1. The van der Waals surface area contributed by atoms with E-state index in [4.69, 9.17) is 9.47 Å². The number of fused-ring (bicyclic) bond motifs is 2. The van der Waals surface area contributed by atoms with E-state index in [0.717, 1.165) is 23.0 Å². The van der Waals surface area contributed by atoms with Crippen LogP contribution < -0.4 is 20.1 Å². The molecule has 0 saturated heterocycles. The van der Waals surface area contributed by atoms with Crippen molar-refractivity contribution in [2.45, 2.75) is 51.9 Å². The Morgan fingerprint density at radius 1 is 0.686 bits per heavy atom. The van der Waals surface area contributed by atoms with Crippen LogP contribution in [-0.2, 0) is 34.8 Å². The van der Waals surface area contributed by atoms with Crippen LogP contribution in [0.25, 0.3) is 10.9 Å². The summed E-state index contributed by atoms with van der Waals surface area (Å²) in [7, 11) is 0. The molecule has 2 aromatic carbocycles. The fraction of sp³-hybridized carbons (Fsp3) is 0.278. The molecule has 5 aromatic rings. The second kappa shape index (κ2) is 15.5. The third kappa shape index (κ3) is 9.99. The van der Waals surface area contributed by atoms with E-state index < -0.39 is 23.7 Å². The quantitative estimate of drug-likeness (QED) is 0.140. The number of anilines is 2. The van der Waals surface area contributed by atoms with Crippen molar-refractivity contribution < 1.29 is 45.4 Å². The number of ether oxygens (including phenoxy) is 2. The summed E-state index contributed by atoms with van der Waals surface area (Å²) in [6, 6.07) is 17.1. The predicted molar refractivity (Wildman–Crippen MR) is 178 cm³/mol. The van der Waals surface area contributed by atoms with Crippen LogP contribution in [-0.4, -0.2) is 40.0 Å². The Bertz CT molecular complexity index is 2030. The molecule has 0 aliphatic carbocycles. The number of amides is 2. The Morgan fingerprint density at radius 2 is 1.20 bits per heavy atom. The average molecular weight is 714 g/mol. The number of hydrogen-bond donors (Lipinski definition) is 3. The summed E-state index contributed by atoms with van der Waals surface area (Å²) in [5, 5.41) is 6.53. The second-order valence-corrected chi connectivity index (χ2v) is 11.6. The van der Waals surface area contributed by atoms with E-state index in [9.17, 15) is 35.9 Å². The standard InChI is InChI=1S/C18H16F3N3O.C18H17F3N2O3/c1-11-12(2-6-16(23-11)18(19,20)21)3-7-17(25)24-14-4-5-15-13(10-14)8-9-22-15;1-11-12(2-6-16(22-11)18(19,20)21)3-7-17(24)23-13-4-5-14-15(10-13)26-9-8-25-14/h2,4-6,8-10,22H,3,7H2,1H3,(H,24,25);2,4-6,10H,3,7-9H2,1H3,(H,23,24). The molecule has 0 radical (unpaired) electrons. The molecule has 4 heterocycles. The van der Waals surface area contributed by atoms with Crippen molar-refractivity contribution in [3.8, 4) is 11.5 Å². The van der Waals surface area contributed by atoms with Gasteiger partial charge in [0.05, 0.1) is 0 Å². The summed E-state index contributed by atoms with van der Waals surface area (Å²) in [4.78, 5) is 34.4. The minimum absolute atomic E-state index is 0.127. The molecule has 3 N–H and O–H groups in total. The maximum Gasteiger partial charge on any atom is 0.433 e. The molecule has 0 atom stereocenters. The lowest BCUT2D eigenvalue weighted by molar-refractivity contribution is -0.142. The highest BCUT2D eigenvalue weighted by Crippen LogP contribution is 2.33. The van der Waals surface area contributed by atoms with Gasteiger partial charge in [-0.3, -0.25) is 9.59 Å². The lowest BCUT2D eigenvalue weighted by Gasteiger charge is -2.19. The zero-order chi connectivity index (χ0) is 36.8. The molecule has 268 valence electrons. The maximum absolute atomic E-state index is 12.6. The smallest absolute Gasteiger partial charge is 0.433 e. The van der Waals surface area contributed by atoms with Crippen molar-refractivity contribution in [3.05, 3.63) is 107 Å². The number of aryl methyl sites for hydroxylation is 4. The number of alkyl halides is 6. The van der Waals surface area contributed by atoms with Gasteiger partial charge in [0.2, 0.25) is 11.8 Å². The number of nitrogens with one attached hydrogen (secondary N) is 3. The Morgan fingerprint density at radius 3 is 1.73 bits per heavy atom. The van der Waals surface area contributed by atoms with Crippen LogP contribution in [0.1, 0.15) is 46.7 Å². The number of carbonyl (C=O) groups is 2. The molecule has 51 heavy (non-hydrogen) atoms. The van der Waals surface area contributed by atoms with Gasteiger partial charge in [-0.2, -0.15) is 26.3 Å². The van der Waals surface area contributed by atoms with E-state index >= 15 is 0 Å². The number of aromatic nitrogens is 3. The van der Waals surface area contributed by atoms with Gasteiger partial charge < -0.3 is 25.1 Å². The van der Waals surface area contributed by atoms with Crippen molar-refractivity contribution in [2.24, 2.45) is 0 Å². The number of H-pyrrole nitrogens is 1. The van der Waals surface area contributed by atoms with Gasteiger partial charge >= 0.3 is 12.4 Å². The molecule has 1 aliphatic heterocycles. The van der Waals surface area contributed by atoms with Crippen LogP contribution >= 0.6 is 0 Å². The fourth-order valence-corrected chi connectivity index (χ4v) is 5.22. The highest BCUT2D eigenvalue weighted by Gasteiger charge is 2.33. The number of hydrogen-bond acceptors (Lipinski definition) is 6. The largest absolute Gasteiger partial charge is 0.486 e. The normalized spacial score (nSPS) is 12.5. The van der Waals surface area contributed by atoms with Gasteiger partial charge in [0.1, 0.15) is 24.6 Å². The van der Waals surface area contributed by atoms with Crippen LogP contribution in [0.15, 0.2) is 72.9 Å². The SMILES string of the molecule is Cc1nc(C(F)(F)F)ccc1CCC(=O)Nc1ccc2[nH]ccc2c1.Cc1nc(C(F)(F)F)ccc1CCC(=O)Nc1ccc2c(c1)OCCO2. The Labute approximate surface area is 288 Å². The summed E-state index contributed by atoms with van der Waals surface area (Å²) in [5.41, 5.74) is 2.17. The van der Waals surface area contributed by atoms with E-state index in [-0.39, 0.29) is 36.0 Å². The van der Waals surface area contributed by atoms with Gasteiger partial charge in [0, 0.05) is 58.8 Å². The molecular weight excluding hydrogens is 680 g/mol. The van der Waals surface area contributed by atoms with E-state index in [0.29, 0.717) is 60.1 Å². The van der Waals surface area contributed by atoms with Gasteiger partial charge in [-0.25, -0.2) is 9.97 Å². The van der Waals surface area contributed by atoms with Crippen molar-refractivity contribution in [1.82, 2.24) is 15.0 Å². The number of nitrogens with zero attached hydrogens (tertiary/aromatic N) is 2. The molecule has 0 unspecified atom stereocenters. The Kier molecular flexibility index (Phi) is 11.2. The molecule has 9 nitrogen and oxygen atoms in total. The van der Waals surface area contributed by atoms with E-state index in [2.05, 4.69) is 25.6 Å². The van der Waals surface area contributed by atoms with Crippen LogP contribution in [0.2, 0.25) is 0 Å². The van der Waals surface area contributed by atoms with Crippen molar-refractivity contribution in [3.63, 3.8) is 0 Å². The monoisotopic (exact) mass is 713 g/mol. The summed E-state index contributed by atoms with van der Waals surface area (Å²) in [5.74, 6) is 0.743. The lowest BCUT2D eigenvalue weighted by Crippen LogP contribution is -2.16. The van der Waals surface area contributed by atoms with Crippen LogP contribution in [0.3, 0.4) is 0 Å². The van der Waals surface area contributed by atoms with Gasteiger partial charge in [0.25, 0.3) is 0 Å². The first-order valence-corrected chi connectivity index (χ1v) is 15.8. The summed E-state index contributed by atoms with van der Waals surface area (Å²) in [6.45, 7) is 3.95. The first-order chi connectivity index (χ1) is 24.2. The molecule has 0 saturated carbocycles. The van der Waals surface area contributed by atoms with E-state index in [1.807, 2.05) is 24.4 Å². The summed E-state index contributed by atoms with van der Waals surface area (Å²) < 4.78 is 86.6. The molecule has 6 rings (SSSR count). The Balaban J connectivity index is 0.000000198. The summed E-state index contributed by atoms with van der Waals surface area (Å²) >= 11 is 0. The Hall–Kier alpha value is -5.60. The first kappa shape index (κ1) is 36.7. The molecule has 0 bridgehead atoms. The first-order valence-electron chi connectivity index (χ1n) is 15.8. The molecule has 0 spiro atoms. The number of pyridine rings is 2. The second-order valence-electron chi connectivity index (χ2n) is 11.6.